The van der Waals surface area contributed by atoms with Crippen LogP contribution in [-0.2, 0) is 16.0 Å². The zero-order valence-corrected chi connectivity index (χ0v) is 10.4. The number of nitro groups is 1. The smallest absolute Gasteiger partial charge is 0.323 e. The van der Waals surface area contributed by atoms with Crippen molar-refractivity contribution >= 4 is 11.7 Å². The van der Waals surface area contributed by atoms with Crippen LogP contribution in [0.2, 0.25) is 0 Å². The summed E-state index contributed by atoms with van der Waals surface area (Å²) in [6.07, 6.45) is 0.303. The van der Waals surface area contributed by atoms with E-state index in [0.29, 0.717) is 12.0 Å². The average Bonchev–Trinajstić information content (AvgIpc) is 2.28. The number of esters is 1. The molecule has 0 aliphatic carbocycles. The number of rotatable bonds is 5. The fourth-order valence-corrected chi connectivity index (χ4v) is 1.64. The number of hydrogen-bond donors (Lipinski definition) is 1. The molecular weight excluding hydrogens is 236 g/mol. The van der Waals surface area contributed by atoms with E-state index in [2.05, 4.69) is 0 Å². The molecule has 0 saturated heterocycles. The van der Waals surface area contributed by atoms with E-state index in [9.17, 15) is 14.9 Å². The quantitative estimate of drug-likeness (QED) is 0.484. The van der Waals surface area contributed by atoms with E-state index in [1.807, 2.05) is 0 Å². The molecule has 0 heterocycles. The highest BCUT2D eigenvalue weighted by Gasteiger charge is 2.17. The standard InChI is InChI=1S/C12H16N2O4/c1-3-18-12(15)10(13)7-9-4-5-11(14(16)17)8(2)6-9/h4-6,10H,3,7,13H2,1-2H3. The van der Waals surface area contributed by atoms with Gasteiger partial charge in [-0.3, -0.25) is 14.9 Å². The summed E-state index contributed by atoms with van der Waals surface area (Å²) in [5, 5.41) is 10.7. The van der Waals surface area contributed by atoms with E-state index in [0.717, 1.165) is 5.56 Å². The normalized spacial score (nSPS) is 11.9. The summed E-state index contributed by atoms with van der Waals surface area (Å²) in [6.45, 7) is 3.64. The number of carbonyl (C=O) groups is 1. The maximum absolute atomic E-state index is 11.4. The fourth-order valence-electron chi connectivity index (χ4n) is 1.64. The minimum Gasteiger partial charge on any atom is -0.465 e. The maximum Gasteiger partial charge on any atom is 0.323 e. The van der Waals surface area contributed by atoms with Crippen LogP contribution in [0.1, 0.15) is 18.1 Å². The van der Waals surface area contributed by atoms with Crippen LogP contribution in [0.5, 0.6) is 0 Å². The molecule has 0 fully saturated rings. The first-order chi connectivity index (χ1) is 8.45. The van der Waals surface area contributed by atoms with Gasteiger partial charge >= 0.3 is 5.97 Å². The molecule has 2 N–H and O–H groups in total. The van der Waals surface area contributed by atoms with E-state index >= 15 is 0 Å². The second-order valence-corrected chi connectivity index (χ2v) is 3.94. The highest BCUT2D eigenvalue weighted by atomic mass is 16.6. The SMILES string of the molecule is CCOC(=O)C(N)Cc1ccc([N+](=O)[O-])c(C)c1. The first-order valence-corrected chi connectivity index (χ1v) is 5.61. The summed E-state index contributed by atoms with van der Waals surface area (Å²) in [4.78, 5) is 21.6. The lowest BCUT2D eigenvalue weighted by Gasteiger charge is -2.10. The fraction of sp³-hybridized carbons (Fsp3) is 0.417. The molecule has 1 unspecified atom stereocenters. The lowest BCUT2D eigenvalue weighted by Crippen LogP contribution is -2.34. The van der Waals surface area contributed by atoms with E-state index in [-0.39, 0.29) is 12.3 Å². The minimum absolute atomic E-state index is 0.0588. The topological polar surface area (TPSA) is 95.5 Å². The van der Waals surface area contributed by atoms with Gasteiger partial charge < -0.3 is 10.5 Å². The Balaban J connectivity index is 2.77. The highest BCUT2D eigenvalue weighted by Crippen LogP contribution is 2.19. The van der Waals surface area contributed by atoms with Crippen LogP contribution in [0.4, 0.5) is 5.69 Å². The predicted octanol–water partition coefficient (Wildman–Crippen LogP) is 1.34. The number of carbonyl (C=O) groups excluding carboxylic acids is 1. The second-order valence-electron chi connectivity index (χ2n) is 3.94. The van der Waals surface area contributed by atoms with E-state index in [1.165, 1.54) is 6.07 Å². The van der Waals surface area contributed by atoms with Crippen molar-refractivity contribution in [3.63, 3.8) is 0 Å². The highest BCUT2D eigenvalue weighted by molar-refractivity contribution is 5.75. The lowest BCUT2D eigenvalue weighted by atomic mass is 10.0. The molecule has 6 heteroatoms. The van der Waals surface area contributed by atoms with Crippen LogP contribution in [0, 0.1) is 17.0 Å². The van der Waals surface area contributed by atoms with Crippen LogP contribution in [0.15, 0.2) is 18.2 Å². The first-order valence-electron chi connectivity index (χ1n) is 5.61. The summed E-state index contributed by atoms with van der Waals surface area (Å²) < 4.78 is 4.80. The molecule has 1 aromatic carbocycles. The van der Waals surface area contributed by atoms with Crippen molar-refractivity contribution in [2.75, 3.05) is 6.61 Å². The molecule has 0 bridgehead atoms. The second kappa shape index (κ2) is 6.11. The molecule has 0 spiro atoms. The van der Waals surface area contributed by atoms with Gasteiger partial charge in [0.15, 0.2) is 0 Å². The molecule has 98 valence electrons. The number of ether oxygens (including phenoxy) is 1. The molecule has 0 aliphatic heterocycles. The largest absolute Gasteiger partial charge is 0.465 e. The van der Waals surface area contributed by atoms with Gasteiger partial charge in [-0.1, -0.05) is 6.07 Å². The van der Waals surface area contributed by atoms with Crippen LogP contribution in [0.3, 0.4) is 0 Å². The average molecular weight is 252 g/mol. The summed E-state index contributed by atoms with van der Waals surface area (Å²) >= 11 is 0. The third kappa shape index (κ3) is 3.53. The molecule has 6 nitrogen and oxygen atoms in total. The van der Waals surface area contributed by atoms with Gasteiger partial charge in [-0.25, -0.2) is 0 Å². The van der Waals surface area contributed by atoms with Crippen LogP contribution < -0.4 is 5.73 Å². The zero-order chi connectivity index (χ0) is 13.7. The molecule has 0 aliphatic rings. The molecule has 0 saturated carbocycles. The Bertz CT molecular complexity index is 459. The molecule has 18 heavy (non-hydrogen) atoms. The van der Waals surface area contributed by atoms with Gasteiger partial charge in [0, 0.05) is 11.6 Å². The molecular formula is C12H16N2O4. The molecule has 1 rings (SSSR count). The number of hydrogen-bond acceptors (Lipinski definition) is 5. The number of aryl methyl sites for hydroxylation is 1. The van der Waals surface area contributed by atoms with E-state index < -0.39 is 16.9 Å². The van der Waals surface area contributed by atoms with Gasteiger partial charge in [-0.05, 0) is 31.9 Å². The predicted molar refractivity (Wildman–Crippen MR) is 66.1 cm³/mol. The Morgan fingerprint density at radius 3 is 2.72 bits per heavy atom. The first kappa shape index (κ1) is 14.1. The number of nitrogens with zero attached hydrogens (tertiary/aromatic N) is 1. The molecule has 0 aromatic heterocycles. The maximum atomic E-state index is 11.4. The van der Waals surface area contributed by atoms with Crippen LogP contribution in [-0.4, -0.2) is 23.5 Å². The zero-order valence-electron chi connectivity index (χ0n) is 10.4. The van der Waals surface area contributed by atoms with Crippen molar-refractivity contribution in [3.05, 3.63) is 39.4 Å². The van der Waals surface area contributed by atoms with Crippen molar-refractivity contribution in [3.8, 4) is 0 Å². The van der Waals surface area contributed by atoms with Gasteiger partial charge in [0.05, 0.1) is 11.5 Å². The third-order valence-electron chi connectivity index (χ3n) is 2.50. The summed E-state index contributed by atoms with van der Waals surface area (Å²) in [5.74, 6) is -0.464. The summed E-state index contributed by atoms with van der Waals surface area (Å²) in [6, 6.07) is 3.94. The number of nitro benzene ring substituents is 1. The molecule has 0 radical (unpaired) electrons. The van der Waals surface area contributed by atoms with E-state index in [1.54, 1.807) is 26.0 Å². The van der Waals surface area contributed by atoms with Crippen LogP contribution in [0.25, 0.3) is 0 Å². The Morgan fingerprint density at radius 1 is 1.56 bits per heavy atom. The number of benzene rings is 1. The van der Waals surface area contributed by atoms with Crippen molar-refractivity contribution < 1.29 is 14.5 Å². The Morgan fingerprint density at radius 2 is 2.22 bits per heavy atom. The van der Waals surface area contributed by atoms with Gasteiger partial charge in [-0.15, -0.1) is 0 Å². The van der Waals surface area contributed by atoms with Crippen molar-refractivity contribution in [2.24, 2.45) is 5.73 Å². The molecule has 0 amide bonds. The number of nitrogens with two attached hydrogens (primary N) is 1. The van der Waals surface area contributed by atoms with Crippen molar-refractivity contribution in [1.82, 2.24) is 0 Å². The lowest BCUT2D eigenvalue weighted by molar-refractivity contribution is -0.385. The molecule has 1 atom stereocenters. The Kier molecular flexibility index (Phi) is 4.79. The summed E-state index contributed by atoms with van der Waals surface area (Å²) in [5.41, 5.74) is 7.06. The van der Waals surface area contributed by atoms with Crippen LogP contribution >= 0.6 is 0 Å². The van der Waals surface area contributed by atoms with Gasteiger partial charge in [0.2, 0.25) is 0 Å². The third-order valence-corrected chi connectivity index (χ3v) is 2.50. The van der Waals surface area contributed by atoms with Gasteiger partial charge in [-0.2, -0.15) is 0 Å². The van der Waals surface area contributed by atoms with E-state index in [4.69, 9.17) is 10.5 Å². The monoisotopic (exact) mass is 252 g/mol. The summed E-state index contributed by atoms with van der Waals surface area (Å²) in [7, 11) is 0. The Hall–Kier alpha value is -1.95. The van der Waals surface area contributed by atoms with Crippen molar-refractivity contribution in [2.45, 2.75) is 26.3 Å². The van der Waals surface area contributed by atoms with Crippen molar-refractivity contribution in [1.29, 1.82) is 0 Å². The Labute approximate surface area is 105 Å². The van der Waals surface area contributed by atoms with Gasteiger partial charge in [0.25, 0.3) is 5.69 Å². The minimum atomic E-state index is -0.745. The molecule has 1 aromatic rings. The van der Waals surface area contributed by atoms with Gasteiger partial charge in [0.1, 0.15) is 6.04 Å².